The van der Waals surface area contributed by atoms with E-state index in [0.29, 0.717) is 5.02 Å². The van der Waals surface area contributed by atoms with Crippen molar-refractivity contribution in [3.05, 3.63) is 87.6 Å². The van der Waals surface area contributed by atoms with Crippen LogP contribution < -0.4 is 10.3 Å². The number of phenolic OH excluding ortho intramolecular Hbond substituents is 1. The van der Waals surface area contributed by atoms with Crippen molar-refractivity contribution in [3.8, 4) is 5.75 Å². The molecule has 12 nitrogen and oxygen atoms in total. The van der Waals surface area contributed by atoms with E-state index in [1.165, 1.54) is 55.7 Å². The molecule has 2 heterocycles. The SMILES string of the molecule is Cc1[nH]n(C(=O)c2ccc(Cl)cc2)c(=O)c1N=Nc1ccc(S(=O)(=O)Nc2ncccn2)c(O)c1. The number of halogens is 1. The monoisotopic (exact) mass is 513 g/mol. The molecular weight excluding hydrogens is 498 g/mol. The molecule has 178 valence electrons. The third-order valence-corrected chi connectivity index (χ3v) is 6.25. The Bertz CT molecular complexity index is 1600. The van der Waals surface area contributed by atoms with Crippen molar-refractivity contribution in [2.75, 3.05) is 4.72 Å². The van der Waals surface area contributed by atoms with E-state index in [-0.39, 0.29) is 28.6 Å². The fraction of sp³-hybridized carbons (Fsp3) is 0.0476. The van der Waals surface area contributed by atoms with Crippen LogP contribution in [-0.2, 0) is 10.0 Å². The lowest BCUT2D eigenvalue weighted by atomic mass is 10.2. The highest BCUT2D eigenvalue weighted by atomic mass is 35.5. The number of aromatic nitrogens is 4. The Morgan fingerprint density at radius 1 is 1.11 bits per heavy atom. The van der Waals surface area contributed by atoms with Crippen LogP contribution >= 0.6 is 11.6 Å². The van der Waals surface area contributed by atoms with Crippen molar-refractivity contribution in [2.45, 2.75) is 11.8 Å². The van der Waals surface area contributed by atoms with Crippen LogP contribution in [-0.4, -0.2) is 39.2 Å². The van der Waals surface area contributed by atoms with E-state index in [0.717, 1.165) is 16.8 Å². The van der Waals surface area contributed by atoms with Gasteiger partial charge in [0.1, 0.15) is 10.6 Å². The molecular formula is C21H16ClN7O5S. The Morgan fingerprint density at radius 3 is 2.46 bits per heavy atom. The number of benzene rings is 2. The molecule has 0 amide bonds. The lowest BCUT2D eigenvalue weighted by Gasteiger charge is -2.08. The van der Waals surface area contributed by atoms with Crippen molar-refractivity contribution >= 4 is 44.9 Å². The zero-order valence-electron chi connectivity index (χ0n) is 17.9. The third-order valence-electron chi connectivity index (χ3n) is 4.62. The normalized spacial score (nSPS) is 11.6. The molecule has 0 fully saturated rings. The van der Waals surface area contributed by atoms with E-state index in [9.17, 15) is 23.1 Å². The molecule has 0 aliphatic heterocycles. The molecule has 0 saturated carbocycles. The van der Waals surface area contributed by atoms with Crippen LogP contribution in [0.2, 0.25) is 5.02 Å². The van der Waals surface area contributed by atoms with Gasteiger partial charge in [0.2, 0.25) is 5.95 Å². The number of H-pyrrole nitrogens is 1. The maximum atomic E-state index is 12.7. The smallest absolute Gasteiger partial charge is 0.302 e. The van der Waals surface area contributed by atoms with E-state index >= 15 is 0 Å². The average Bonchev–Trinajstić information content (AvgIpc) is 3.11. The van der Waals surface area contributed by atoms with Gasteiger partial charge < -0.3 is 5.11 Å². The predicted octanol–water partition coefficient (Wildman–Crippen LogP) is 3.54. The second-order valence-electron chi connectivity index (χ2n) is 7.07. The first-order chi connectivity index (χ1) is 16.7. The number of phenols is 1. The quantitative estimate of drug-likeness (QED) is 0.331. The maximum absolute atomic E-state index is 12.7. The molecule has 0 aliphatic rings. The zero-order valence-corrected chi connectivity index (χ0v) is 19.4. The number of carbonyl (C=O) groups is 1. The van der Waals surface area contributed by atoms with Crippen molar-refractivity contribution in [2.24, 2.45) is 10.2 Å². The van der Waals surface area contributed by atoms with E-state index in [2.05, 4.69) is 30.0 Å². The lowest BCUT2D eigenvalue weighted by Crippen LogP contribution is -2.25. The lowest BCUT2D eigenvalue weighted by molar-refractivity contribution is 0.0941. The topological polar surface area (TPSA) is 172 Å². The minimum atomic E-state index is -4.18. The molecule has 2 aromatic carbocycles. The van der Waals surface area contributed by atoms with Gasteiger partial charge in [-0.05, 0) is 49.4 Å². The number of anilines is 1. The highest BCUT2D eigenvalue weighted by Crippen LogP contribution is 2.29. The van der Waals surface area contributed by atoms with E-state index in [1.54, 1.807) is 0 Å². The molecule has 0 saturated heterocycles. The Kier molecular flexibility index (Phi) is 6.44. The van der Waals surface area contributed by atoms with Gasteiger partial charge in [-0.3, -0.25) is 14.7 Å². The molecule has 0 bridgehead atoms. The molecule has 4 aromatic rings. The van der Waals surface area contributed by atoms with Crippen molar-refractivity contribution in [1.29, 1.82) is 0 Å². The number of nitrogens with zero attached hydrogens (tertiary/aromatic N) is 5. The summed E-state index contributed by atoms with van der Waals surface area (Å²) in [5, 5.41) is 21.1. The molecule has 4 rings (SSSR count). The van der Waals surface area contributed by atoms with E-state index in [4.69, 9.17) is 11.6 Å². The highest BCUT2D eigenvalue weighted by molar-refractivity contribution is 7.92. The number of sulfonamides is 1. The van der Waals surface area contributed by atoms with Crippen LogP contribution in [0.1, 0.15) is 16.1 Å². The second kappa shape index (κ2) is 9.48. The third kappa shape index (κ3) is 5.10. The van der Waals surface area contributed by atoms with Crippen LogP contribution in [0.3, 0.4) is 0 Å². The fourth-order valence-corrected chi connectivity index (χ4v) is 4.11. The molecule has 14 heteroatoms. The van der Waals surface area contributed by atoms with Crippen LogP contribution in [0.4, 0.5) is 17.3 Å². The number of aromatic amines is 1. The fourth-order valence-electron chi connectivity index (χ4n) is 2.95. The van der Waals surface area contributed by atoms with Gasteiger partial charge in [0.15, 0.2) is 5.69 Å². The van der Waals surface area contributed by atoms with E-state index in [1.807, 2.05) is 0 Å². The van der Waals surface area contributed by atoms with Crippen LogP contribution in [0.25, 0.3) is 0 Å². The number of nitrogens with one attached hydrogen (secondary N) is 2. The van der Waals surface area contributed by atoms with Gasteiger partial charge in [-0.2, -0.15) is 9.80 Å². The summed E-state index contributed by atoms with van der Waals surface area (Å²) in [6.07, 6.45) is 2.71. The molecule has 0 aliphatic carbocycles. The average molecular weight is 514 g/mol. The first-order valence-corrected chi connectivity index (χ1v) is 11.7. The zero-order chi connectivity index (χ0) is 25.2. The van der Waals surface area contributed by atoms with Crippen LogP contribution in [0.5, 0.6) is 5.75 Å². The Hall–Kier alpha value is -4.36. The van der Waals surface area contributed by atoms with E-state index < -0.39 is 32.1 Å². The number of aryl methyl sites for hydroxylation is 1. The Balaban J connectivity index is 1.58. The van der Waals surface area contributed by atoms with Crippen molar-refractivity contribution in [1.82, 2.24) is 19.7 Å². The van der Waals surface area contributed by atoms with Gasteiger partial charge in [0.25, 0.3) is 15.9 Å². The molecule has 0 radical (unpaired) electrons. The molecule has 3 N–H and O–H groups in total. The van der Waals surface area contributed by atoms with Gasteiger partial charge in [-0.1, -0.05) is 11.6 Å². The summed E-state index contributed by atoms with van der Waals surface area (Å²) in [5.41, 5.74) is -0.296. The summed E-state index contributed by atoms with van der Waals surface area (Å²) in [6.45, 7) is 1.53. The summed E-state index contributed by atoms with van der Waals surface area (Å²) in [5.74, 6) is -1.38. The summed E-state index contributed by atoms with van der Waals surface area (Å²) in [4.78, 5) is 32.5. The minimum absolute atomic E-state index is 0.0630. The summed E-state index contributed by atoms with van der Waals surface area (Å²) in [7, 11) is -4.18. The molecule has 0 unspecified atom stereocenters. The largest absolute Gasteiger partial charge is 0.506 e. The summed E-state index contributed by atoms with van der Waals surface area (Å²) < 4.78 is 28.0. The molecule has 0 spiro atoms. The van der Waals surface area contributed by atoms with Crippen LogP contribution in [0, 0.1) is 6.92 Å². The number of hydrogen-bond donors (Lipinski definition) is 3. The van der Waals surface area contributed by atoms with Gasteiger partial charge in [0, 0.05) is 29.0 Å². The molecule has 0 atom stereocenters. The summed E-state index contributed by atoms with van der Waals surface area (Å²) >= 11 is 5.83. The number of rotatable bonds is 6. The van der Waals surface area contributed by atoms with Gasteiger partial charge in [0.05, 0.1) is 11.4 Å². The number of aromatic hydroxyl groups is 1. The summed E-state index contributed by atoms with van der Waals surface area (Å²) in [6, 6.07) is 11.0. The van der Waals surface area contributed by atoms with Gasteiger partial charge >= 0.3 is 5.56 Å². The standard InChI is InChI=1S/C21H16ClN7O5S/c1-12-18(20(32)29(27-12)19(31)13-3-5-14(22)6-4-13)26-25-15-7-8-17(16(30)11-15)35(33,34)28-21-23-9-2-10-24-21/h2-11,27,30H,1H3,(H,23,24,28). The van der Waals surface area contributed by atoms with Gasteiger partial charge in [-0.15, -0.1) is 5.11 Å². The van der Waals surface area contributed by atoms with Crippen molar-refractivity contribution < 1.29 is 18.3 Å². The Morgan fingerprint density at radius 2 is 1.80 bits per heavy atom. The number of carbonyl (C=O) groups excluding carboxylic acids is 1. The first kappa shape index (κ1) is 23.8. The first-order valence-electron chi connectivity index (χ1n) is 9.82. The molecule has 2 aromatic heterocycles. The van der Waals surface area contributed by atoms with Gasteiger partial charge in [-0.25, -0.2) is 23.1 Å². The maximum Gasteiger partial charge on any atom is 0.302 e. The Labute approximate surface area is 203 Å². The molecule has 35 heavy (non-hydrogen) atoms. The highest BCUT2D eigenvalue weighted by Gasteiger charge is 2.21. The second-order valence-corrected chi connectivity index (χ2v) is 9.16. The minimum Gasteiger partial charge on any atom is -0.506 e. The predicted molar refractivity (Wildman–Crippen MR) is 126 cm³/mol. The number of azo groups is 1. The van der Waals surface area contributed by atoms with Crippen LogP contribution in [0.15, 0.2) is 80.8 Å². The van der Waals surface area contributed by atoms with Crippen molar-refractivity contribution in [3.63, 3.8) is 0 Å². The number of hydrogen-bond acceptors (Lipinski definition) is 9.